The number of aromatic carboxylic acids is 1. The maximum absolute atomic E-state index is 10.3. The summed E-state index contributed by atoms with van der Waals surface area (Å²) in [7, 11) is -2.17. The van der Waals surface area contributed by atoms with Crippen LogP contribution in [0, 0.1) is 10.1 Å². The van der Waals surface area contributed by atoms with Gasteiger partial charge in [-0.1, -0.05) is 0 Å². The zero-order chi connectivity index (χ0) is 12.7. The summed E-state index contributed by atoms with van der Waals surface area (Å²) in [4.78, 5) is 19.9. The second kappa shape index (κ2) is 10.1. The molecular weight excluding hydrogens is 249 g/mol. The highest BCUT2D eigenvalue weighted by Crippen LogP contribution is 2.11. The minimum atomic E-state index is -2.17. The lowest BCUT2D eigenvalue weighted by atomic mass is 10.2. The predicted octanol–water partition coefficient (Wildman–Crippen LogP) is -0.435. The Morgan fingerprint density at radius 2 is 1.44 bits per heavy atom. The molecule has 0 unspecified atom stereocenters. The third-order valence-corrected chi connectivity index (χ3v) is 1.33. The van der Waals surface area contributed by atoms with Crippen molar-refractivity contribution in [1.29, 1.82) is 0 Å². The molecule has 0 atom stereocenters. The highest BCUT2D eigenvalue weighted by Gasteiger charge is 2.06. The molecule has 0 bridgehead atoms. The molecule has 18 heavy (non-hydrogen) atoms. The molecule has 10 N–H and O–H groups in total. The zero-order valence-corrected chi connectivity index (χ0v) is 9.26. The van der Waals surface area contributed by atoms with Crippen LogP contribution in [0.5, 0.6) is 0 Å². The lowest BCUT2D eigenvalue weighted by Crippen LogP contribution is -2.07. The van der Waals surface area contributed by atoms with Crippen molar-refractivity contribution in [3.8, 4) is 0 Å². The first-order valence-electron chi connectivity index (χ1n) is 3.86. The number of rotatable bonds is 2. The van der Waals surface area contributed by atoms with Gasteiger partial charge in [0.05, 0.1) is 10.5 Å². The average Bonchev–Trinajstić information content (AvgIpc) is 2.17. The van der Waals surface area contributed by atoms with E-state index < -0.39 is 18.2 Å². The Balaban J connectivity index is -0.000000332. The van der Waals surface area contributed by atoms with Crippen LogP contribution < -0.4 is 12.3 Å². The highest BCUT2D eigenvalue weighted by molar-refractivity contribution is 6.30. The molecule has 10 nitrogen and oxygen atoms in total. The minimum absolute atomic E-state index is 0. The summed E-state index contributed by atoms with van der Waals surface area (Å²) in [6.45, 7) is 0. The number of hydrogen-bond acceptors (Lipinski definition) is 8. The van der Waals surface area contributed by atoms with Crippen LogP contribution in [-0.4, -0.2) is 38.4 Å². The largest absolute Gasteiger partial charge is 0.631 e. The van der Waals surface area contributed by atoms with E-state index in [-0.39, 0.29) is 23.6 Å². The average molecular weight is 263 g/mol. The summed E-state index contributed by atoms with van der Waals surface area (Å²) in [6, 6.07) is 4.70. The zero-order valence-electron chi connectivity index (χ0n) is 9.26. The van der Waals surface area contributed by atoms with E-state index in [0.29, 0.717) is 0 Å². The van der Waals surface area contributed by atoms with Gasteiger partial charge in [0, 0.05) is 12.1 Å². The Labute approximate surface area is 102 Å². The number of carboxylic acids is 1. The Morgan fingerprint density at radius 1 is 1.11 bits per heavy atom. The highest BCUT2D eigenvalue weighted by atomic mass is 16.6. The Kier molecular flexibility index (Phi) is 12.0. The standard InChI is InChI=1S/C7H5NO4.BH3O3.2H3N/c9-7(10)5-1-3-6(4-2-5)8(11)12;2-1(3)4;;/h1-4H,(H,9,10);2-4H;2*1H3. The molecule has 0 heterocycles. The van der Waals surface area contributed by atoms with Gasteiger partial charge in [-0.15, -0.1) is 0 Å². The van der Waals surface area contributed by atoms with Crippen molar-refractivity contribution >= 4 is 19.0 Å². The quantitative estimate of drug-likeness (QED) is 0.231. The number of nitrogens with zero attached hydrogens (tertiary/aromatic N) is 1. The maximum atomic E-state index is 10.3. The van der Waals surface area contributed by atoms with Gasteiger partial charge >= 0.3 is 13.3 Å². The first-order chi connectivity index (χ1) is 7.34. The van der Waals surface area contributed by atoms with Crippen molar-refractivity contribution in [2.24, 2.45) is 0 Å². The van der Waals surface area contributed by atoms with Gasteiger partial charge < -0.3 is 32.5 Å². The van der Waals surface area contributed by atoms with Gasteiger partial charge in [-0.05, 0) is 12.1 Å². The van der Waals surface area contributed by atoms with Crippen LogP contribution in [0.3, 0.4) is 0 Å². The van der Waals surface area contributed by atoms with Crippen molar-refractivity contribution in [3.63, 3.8) is 0 Å². The lowest BCUT2D eigenvalue weighted by molar-refractivity contribution is -0.384. The third kappa shape index (κ3) is 9.20. The number of carbonyl (C=O) groups is 1. The van der Waals surface area contributed by atoms with E-state index in [0.717, 1.165) is 12.1 Å². The van der Waals surface area contributed by atoms with E-state index in [9.17, 15) is 14.9 Å². The Hall–Kier alpha value is -2.05. The molecule has 0 saturated carbocycles. The van der Waals surface area contributed by atoms with Crippen LogP contribution in [0.1, 0.15) is 10.4 Å². The fourth-order valence-electron chi connectivity index (χ4n) is 0.726. The van der Waals surface area contributed by atoms with E-state index in [2.05, 4.69) is 0 Å². The van der Waals surface area contributed by atoms with Crippen LogP contribution in [0.25, 0.3) is 0 Å². The molecule has 0 amide bonds. The van der Waals surface area contributed by atoms with Crippen LogP contribution >= 0.6 is 0 Å². The molecule has 1 rings (SSSR count). The van der Waals surface area contributed by atoms with Crippen LogP contribution in [0.2, 0.25) is 0 Å². The SMILES string of the molecule is N.N.O=C(O)c1ccc([N+](=O)[O-])cc1.OB(O)O. The van der Waals surface area contributed by atoms with E-state index in [4.69, 9.17) is 20.2 Å². The number of carboxylic acid groups (broad SMARTS) is 1. The normalized spacial score (nSPS) is 7.72. The van der Waals surface area contributed by atoms with Crippen molar-refractivity contribution < 1.29 is 29.9 Å². The van der Waals surface area contributed by atoms with Crippen molar-refractivity contribution in [1.82, 2.24) is 12.3 Å². The second-order valence-electron chi connectivity index (χ2n) is 2.46. The fourth-order valence-corrected chi connectivity index (χ4v) is 0.726. The Morgan fingerprint density at radius 3 is 1.67 bits per heavy atom. The van der Waals surface area contributed by atoms with Gasteiger partial charge in [0.2, 0.25) is 0 Å². The monoisotopic (exact) mass is 263 g/mol. The van der Waals surface area contributed by atoms with E-state index in [1.807, 2.05) is 0 Å². The van der Waals surface area contributed by atoms with Crippen LogP contribution in [-0.2, 0) is 0 Å². The van der Waals surface area contributed by atoms with E-state index >= 15 is 0 Å². The summed E-state index contributed by atoms with van der Waals surface area (Å²) in [5, 5.41) is 40.1. The molecule has 0 aromatic heterocycles. The number of benzene rings is 1. The molecule has 0 aliphatic heterocycles. The summed E-state index contributed by atoms with van der Waals surface area (Å²) in [5.74, 6) is -1.09. The van der Waals surface area contributed by atoms with E-state index in [1.54, 1.807) is 0 Å². The van der Waals surface area contributed by atoms with Gasteiger partial charge in [-0.25, -0.2) is 4.79 Å². The van der Waals surface area contributed by atoms with Crippen LogP contribution in [0.4, 0.5) is 5.69 Å². The second-order valence-corrected chi connectivity index (χ2v) is 2.46. The van der Waals surface area contributed by atoms with Gasteiger partial charge in [-0.2, -0.15) is 0 Å². The van der Waals surface area contributed by atoms with E-state index in [1.165, 1.54) is 12.1 Å². The number of non-ortho nitro benzene ring substituents is 1. The lowest BCUT2D eigenvalue weighted by Gasteiger charge is -1.92. The number of nitro groups is 1. The molecule has 11 heteroatoms. The molecule has 0 fully saturated rings. The molecule has 0 radical (unpaired) electrons. The Bertz CT molecular complexity index is 334. The van der Waals surface area contributed by atoms with Crippen molar-refractivity contribution in [3.05, 3.63) is 39.9 Å². The van der Waals surface area contributed by atoms with Gasteiger partial charge in [-0.3, -0.25) is 10.1 Å². The first-order valence-corrected chi connectivity index (χ1v) is 3.86. The third-order valence-electron chi connectivity index (χ3n) is 1.33. The molecule has 1 aromatic rings. The summed E-state index contributed by atoms with van der Waals surface area (Å²) >= 11 is 0. The van der Waals surface area contributed by atoms with Gasteiger partial charge in [0.25, 0.3) is 5.69 Å². The number of hydrogen-bond donors (Lipinski definition) is 6. The molecule has 0 aliphatic rings. The molecule has 0 aliphatic carbocycles. The molecule has 1 aromatic carbocycles. The van der Waals surface area contributed by atoms with Crippen molar-refractivity contribution in [2.45, 2.75) is 0 Å². The molecular formula is C7H14BN3O7. The summed E-state index contributed by atoms with van der Waals surface area (Å²) in [6.07, 6.45) is 0. The van der Waals surface area contributed by atoms with Crippen LogP contribution in [0.15, 0.2) is 24.3 Å². The molecule has 102 valence electrons. The van der Waals surface area contributed by atoms with Crippen molar-refractivity contribution in [2.75, 3.05) is 0 Å². The number of nitro benzene ring substituents is 1. The topological polar surface area (TPSA) is 211 Å². The minimum Gasteiger partial charge on any atom is -0.478 e. The van der Waals surface area contributed by atoms with Gasteiger partial charge in [0.15, 0.2) is 0 Å². The predicted molar refractivity (Wildman–Crippen MR) is 62.5 cm³/mol. The fraction of sp³-hybridized carbons (Fsp3) is 0. The summed E-state index contributed by atoms with van der Waals surface area (Å²) < 4.78 is 0. The summed E-state index contributed by atoms with van der Waals surface area (Å²) in [5.41, 5.74) is -0.0689. The van der Waals surface area contributed by atoms with Gasteiger partial charge in [0.1, 0.15) is 0 Å². The molecule has 0 saturated heterocycles. The molecule has 0 spiro atoms. The first kappa shape index (κ1) is 21.3. The smallest absolute Gasteiger partial charge is 0.478 e. The maximum Gasteiger partial charge on any atom is 0.631 e.